The van der Waals surface area contributed by atoms with Crippen LogP contribution < -0.4 is 5.73 Å². The number of fused-ring (bicyclic) bond motifs is 1. The molecule has 1 unspecified atom stereocenters. The van der Waals surface area contributed by atoms with E-state index in [9.17, 15) is 24.2 Å². The van der Waals surface area contributed by atoms with E-state index in [2.05, 4.69) is 15.0 Å². The third-order valence-electron chi connectivity index (χ3n) is 7.26. The number of imidazole rings is 1. The number of hydrogen-bond acceptors (Lipinski definition) is 5. The topological polar surface area (TPSA) is 97.1 Å². The SMILES string of the molecule is Nc1cc(S(F)(F)(F)(F)F)ccc1C(=O)N1CCC(c2c(F)cnc3nc(C4CCCOCC4)[nH]c23)CC1. The largest absolute Gasteiger partial charge is 0.398 e. The van der Waals surface area contributed by atoms with Gasteiger partial charge in [-0.2, -0.15) is 0 Å². The number of likely N-dealkylation sites (tertiary alicyclic amines) is 1. The van der Waals surface area contributed by atoms with Gasteiger partial charge in [-0.15, -0.1) is 0 Å². The molecule has 5 rings (SSSR count). The number of nitrogen functional groups attached to an aromatic ring is 1. The molecule has 0 saturated carbocycles. The molecule has 7 nitrogen and oxygen atoms in total. The van der Waals surface area contributed by atoms with Gasteiger partial charge in [-0.25, -0.2) is 14.4 Å². The highest BCUT2D eigenvalue weighted by molar-refractivity contribution is 8.45. The number of carbonyl (C=O) groups is 1. The summed E-state index contributed by atoms with van der Waals surface area (Å²) in [4.78, 5) is 24.2. The summed E-state index contributed by atoms with van der Waals surface area (Å²) < 4.78 is 86.0. The van der Waals surface area contributed by atoms with E-state index in [1.54, 1.807) is 0 Å². The van der Waals surface area contributed by atoms with Crippen LogP contribution in [-0.2, 0) is 4.74 Å². The van der Waals surface area contributed by atoms with Crippen molar-refractivity contribution >= 4 is 33.0 Å². The third kappa shape index (κ3) is 5.28. The van der Waals surface area contributed by atoms with E-state index in [0.717, 1.165) is 31.3 Å². The average molecular weight is 564 g/mol. The first-order valence-corrected chi connectivity index (χ1v) is 14.2. The van der Waals surface area contributed by atoms with E-state index in [4.69, 9.17) is 10.5 Å². The Hall–Kier alpha value is -3.00. The number of halogens is 6. The molecule has 0 aliphatic carbocycles. The van der Waals surface area contributed by atoms with E-state index in [1.165, 1.54) is 4.90 Å². The van der Waals surface area contributed by atoms with Crippen LogP contribution >= 0.6 is 10.2 Å². The number of nitrogens with two attached hydrogens (primary N) is 1. The van der Waals surface area contributed by atoms with Gasteiger partial charge in [-0.1, -0.05) is 19.4 Å². The summed E-state index contributed by atoms with van der Waals surface area (Å²) in [5.74, 6) is -0.531. The number of hydrogen-bond donors (Lipinski definition) is 2. The van der Waals surface area contributed by atoms with E-state index in [1.807, 2.05) is 0 Å². The third-order valence-corrected chi connectivity index (χ3v) is 8.40. The van der Waals surface area contributed by atoms with Crippen LogP contribution in [0.15, 0.2) is 29.3 Å². The predicted molar refractivity (Wildman–Crippen MR) is 131 cm³/mol. The molecule has 2 saturated heterocycles. The number of carbonyl (C=O) groups excluding carboxylic acids is 1. The standard InChI is InChI=1S/C24H27F6N5O2S/c25-18-13-32-23-21(33-22(34-23)15-2-1-10-37-11-7-15)20(18)14-5-8-35(9-6-14)24(36)17-4-3-16(12-19(17)31)38(26,27,28,29)30/h3-4,12-15H,1-2,5-11,31H2,(H,32,33,34). The maximum absolute atomic E-state index is 15.0. The van der Waals surface area contributed by atoms with E-state index < -0.39 is 32.5 Å². The van der Waals surface area contributed by atoms with Crippen molar-refractivity contribution in [3.05, 3.63) is 47.2 Å². The zero-order valence-corrected chi connectivity index (χ0v) is 21.1. The van der Waals surface area contributed by atoms with Gasteiger partial charge in [0.05, 0.1) is 17.3 Å². The smallest absolute Gasteiger partial charge is 0.310 e. The Bertz CT molecular complexity index is 1380. The predicted octanol–water partition coefficient (Wildman–Crippen LogP) is 6.64. The molecular formula is C24H27F6N5O2S. The minimum Gasteiger partial charge on any atom is -0.398 e. The number of rotatable bonds is 4. The molecule has 2 aromatic heterocycles. The number of anilines is 1. The molecule has 14 heteroatoms. The van der Waals surface area contributed by atoms with Crippen LogP contribution in [-0.4, -0.2) is 52.1 Å². The first-order valence-electron chi connectivity index (χ1n) is 12.3. The fraction of sp³-hybridized carbons (Fsp3) is 0.458. The van der Waals surface area contributed by atoms with Crippen molar-refractivity contribution in [2.45, 2.75) is 48.8 Å². The number of amides is 1. The Balaban J connectivity index is 1.33. The molecule has 2 aliphatic rings. The first-order chi connectivity index (χ1) is 17.7. The minimum atomic E-state index is -9.92. The van der Waals surface area contributed by atoms with Crippen molar-refractivity contribution < 1.29 is 33.4 Å². The fourth-order valence-electron chi connectivity index (χ4n) is 5.26. The minimum absolute atomic E-state index is 0.0981. The highest BCUT2D eigenvalue weighted by atomic mass is 32.5. The van der Waals surface area contributed by atoms with Gasteiger partial charge in [0, 0.05) is 43.5 Å². The van der Waals surface area contributed by atoms with Crippen LogP contribution in [0.5, 0.6) is 0 Å². The number of nitrogens with zero attached hydrogens (tertiary/aromatic N) is 3. The summed E-state index contributed by atoms with van der Waals surface area (Å²) >= 11 is 0. The van der Waals surface area contributed by atoms with Crippen molar-refractivity contribution in [1.29, 1.82) is 0 Å². The van der Waals surface area contributed by atoms with Gasteiger partial charge in [0.1, 0.15) is 16.5 Å². The molecule has 2 fully saturated rings. The summed E-state index contributed by atoms with van der Waals surface area (Å²) in [6.45, 7) is 1.67. The molecule has 3 aromatic rings. The summed E-state index contributed by atoms with van der Waals surface area (Å²) in [5.41, 5.74) is 5.97. The highest BCUT2D eigenvalue weighted by Crippen LogP contribution is 3.02. The van der Waals surface area contributed by atoms with Crippen molar-refractivity contribution in [1.82, 2.24) is 19.9 Å². The number of aromatic amines is 1. The van der Waals surface area contributed by atoms with E-state index in [-0.39, 0.29) is 42.6 Å². The maximum Gasteiger partial charge on any atom is 0.310 e. The van der Waals surface area contributed by atoms with Crippen LogP contribution in [0.1, 0.15) is 65.7 Å². The van der Waals surface area contributed by atoms with Gasteiger partial charge < -0.3 is 20.4 Å². The normalized spacial score (nSPS) is 21.6. The molecule has 208 valence electrons. The Labute approximate surface area is 214 Å². The highest BCUT2D eigenvalue weighted by Gasteiger charge is 2.65. The number of ether oxygens (including phenoxy) is 1. The zero-order valence-electron chi connectivity index (χ0n) is 20.2. The molecule has 38 heavy (non-hydrogen) atoms. The van der Waals surface area contributed by atoms with Gasteiger partial charge in [-0.05, 0) is 56.2 Å². The first kappa shape index (κ1) is 26.6. The zero-order chi connectivity index (χ0) is 27.4. The second kappa shape index (κ2) is 8.76. The van der Waals surface area contributed by atoms with Crippen LogP contribution in [0.4, 0.5) is 29.5 Å². The molecule has 3 N–H and O–H groups in total. The van der Waals surface area contributed by atoms with Gasteiger partial charge in [0.15, 0.2) is 5.65 Å². The Kier molecular flexibility index (Phi) is 6.13. The fourth-order valence-corrected chi connectivity index (χ4v) is 5.93. The van der Waals surface area contributed by atoms with Crippen LogP contribution in [0, 0.1) is 5.82 Å². The number of piperidine rings is 1. The molecule has 0 radical (unpaired) electrons. The lowest BCUT2D eigenvalue weighted by Gasteiger charge is -2.40. The maximum atomic E-state index is 15.0. The molecule has 0 spiro atoms. The summed E-state index contributed by atoms with van der Waals surface area (Å²) in [7, 11) is -9.92. The Morgan fingerprint density at radius 2 is 1.79 bits per heavy atom. The number of H-pyrrole nitrogens is 1. The van der Waals surface area contributed by atoms with Gasteiger partial charge in [0.25, 0.3) is 5.91 Å². The molecule has 1 amide bonds. The Morgan fingerprint density at radius 1 is 1.05 bits per heavy atom. The molecular weight excluding hydrogens is 536 g/mol. The summed E-state index contributed by atoms with van der Waals surface area (Å²) in [6, 6.07) is 0.950. The van der Waals surface area contributed by atoms with Crippen molar-refractivity contribution in [2.75, 3.05) is 32.0 Å². The molecule has 1 atom stereocenters. The number of nitrogens with one attached hydrogen (secondary N) is 1. The summed E-state index contributed by atoms with van der Waals surface area (Å²) in [5, 5.41) is 0. The van der Waals surface area contributed by atoms with Gasteiger partial charge in [0.2, 0.25) is 0 Å². The van der Waals surface area contributed by atoms with Crippen LogP contribution in [0.25, 0.3) is 11.2 Å². The van der Waals surface area contributed by atoms with Crippen molar-refractivity contribution in [3.8, 4) is 0 Å². The summed E-state index contributed by atoms with van der Waals surface area (Å²) in [6.07, 6.45) is 4.47. The number of pyridine rings is 1. The van der Waals surface area contributed by atoms with Crippen LogP contribution in [0.3, 0.4) is 0 Å². The number of benzene rings is 1. The molecule has 1 aromatic carbocycles. The van der Waals surface area contributed by atoms with Gasteiger partial charge >= 0.3 is 10.2 Å². The molecule has 2 aliphatic heterocycles. The van der Waals surface area contributed by atoms with E-state index >= 15 is 4.39 Å². The quantitative estimate of drug-likeness (QED) is 0.274. The average Bonchev–Trinajstić information content (AvgIpc) is 3.08. The van der Waals surface area contributed by atoms with Crippen LogP contribution in [0.2, 0.25) is 0 Å². The van der Waals surface area contributed by atoms with Crippen molar-refractivity contribution in [3.63, 3.8) is 0 Å². The second-order valence-electron chi connectivity index (χ2n) is 9.87. The molecule has 4 heterocycles. The lowest BCUT2D eigenvalue weighted by molar-refractivity contribution is 0.0713. The Morgan fingerprint density at radius 3 is 2.47 bits per heavy atom. The number of aromatic nitrogens is 3. The van der Waals surface area contributed by atoms with E-state index in [0.29, 0.717) is 48.8 Å². The lowest BCUT2D eigenvalue weighted by atomic mass is 9.88. The molecule has 0 bridgehead atoms. The monoisotopic (exact) mass is 563 g/mol. The lowest BCUT2D eigenvalue weighted by Crippen LogP contribution is -2.38. The van der Waals surface area contributed by atoms with Gasteiger partial charge in [-0.3, -0.25) is 4.79 Å². The van der Waals surface area contributed by atoms with Crippen molar-refractivity contribution in [2.24, 2.45) is 0 Å². The second-order valence-corrected chi connectivity index (χ2v) is 12.3.